The Balaban J connectivity index is 1.31. The number of nitrogens with zero attached hydrogens (tertiary/aromatic N) is 2. The predicted octanol–water partition coefficient (Wildman–Crippen LogP) is 0.485. The van der Waals surface area contributed by atoms with Gasteiger partial charge in [0.25, 0.3) is 17.7 Å². The van der Waals surface area contributed by atoms with Gasteiger partial charge in [-0.2, -0.15) is 4.31 Å². The molecule has 0 saturated carbocycles. The molecule has 4 rings (SSSR count). The molecule has 0 atom stereocenters. The minimum atomic E-state index is -3.75. The molecular weight excluding hydrogens is 466 g/mol. The van der Waals surface area contributed by atoms with Crippen LogP contribution in [0.4, 0.5) is 5.69 Å². The summed E-state index contributed by atoms with van der Waals surface area (Å²) in [5, 5.41) is 2.47. The van der Waals surface area contributed by atoms with E-state index in [1.807, 2.05) is 0 Å². The molecular formula is C22H21N3O8S. The Hall–Kier alpha value is -3.61. The smallest absolute Gasteiger partial charge is 0.326 e. The Labute approximate surface area is 195 Å². The molecule has 1 saturated heterocycles. The van der Waals surface area contributed by atoms with E-state index in [0.29, 0.717) is 13.2 Å². The highest BCUT2D eigenvalue weighted by molar-refractivity contribution is 7.89. The van der Waals surface area contributed by atoms with E-state index in [2.05, 4.69) is 5.32 Å². The van der Waals surface area contributed by atoms with Gasteiger partial charge >= 0.3 is 5.97 Å². The Morgan fingerprint density at radius 3 is 2.26 bits per heavy atom. The summed E-state index contributed by atoms with van der Waals surface area (Å²) in [6.45, 7) is -0.219. The van der Waals surface area contributed by atoms with Crippen molar-refractivity contribution in [1.29, 1.82) is 0 Å². The zero-order valence-electron chi connectivity index (χ0n) is 17.9. The summed E-state index contributed by atoms with van der Waals surface area (Å²) in [4.78, 5) is 49.7. The quantitative estimate of drug-likeness (QED) is 0.440. The zero-order valence-corrected chi connectivity index (χ0v) is 18.7. The lowest BCUT2D eigenvalue weighted by Crippen LogP contribution is -2.40. The van der Waals surface area contributed by atoms with Crippen molar-refractivity contribution in [3.63, 3.8) is 0 Å². The molecule has 0 unspecified atom stereocenters. The lowest BCUT2D eigenvalue weighted by Gasteiger charge is -2.26. The van der Waals surface area contributed by atoms with Crippen molar-refractivity contribution >= 4 is 39.4 Å². The lowest BCUT2D eigenvalue weighted by molar-refractivity contribution is -0.147. The number of benzene rings is 2. The summed E-state index contributed by atoms with van der Waals surface area (Å²) < 4.78 is 36.9. The van der Waals surface area contributed by atoms with Gasteiger partial charge in [0.15, 0.2) is 6.61 Å². The molecule has 1 N–H and O–H groups in total. The van der Waals surface area contributed by atoms with Crippen LogP contribution < -0.4 is 5.32 Å². The first-order chi connectivity index (χ1) is 16.3. The van der Waals surface area contributed by atoms with Gasteiger partial charge < -0.3 is 14.8 Å². The highest BCUT2D eigenvalue weighted by Crippen LogP contribution is 2.22. The molecule has 0 radical (unpaired) electrons. The number of ether oxygens (including phenoxy) is 2. The van der Waals surface area contributed by atoms with Gasteiger partial charge in [0.2, 0.25) is 10.0 Å². The SMILES string of the molecule is O=C(COC(=O)CN1C(=O)c2ccccc2C1=O)Nc1cccc(S(=O)(=O)N2CCOCC2)c1. The van der Waals surface area contributed by atoms with Crippen molar-refractivity contribution in [3.8, 4) is 0 Å². The largest absolute Gasteiger partial charge is 0.454 e. The first kappa shape index (κ1) is 23.5. The summed E-state index contributed by atoms with van der Waals surface area (Å²) in [6.07, 6.45) is 0. The third kappa shape index (κ3) is 4.83. The number of carbonyl (C=O) groups is 4. The van der Waals surface area contributed by atoms with E-state index in [0.717, 1.165) is 4.90 Å². The van der Waals surface area contributed by atoms with Crippen LogP contribution in [0.3, 0.4) is 0 Å². The van der Waals surface area contributed by atoms with Crippen LogP contribution >= 0.6 is 0 Å². The molecule has 34 heavy (non-hydrogen) atoms. The van der Waals surface area contributed by atoms with E-state index in [9.17, 15) is 27.6 Å². The number of carbonyl (C=O) groups excluding carboxylic acids is 4. The fraction of sp³-hybridized carbons (Fsp3) is 0.273. The number of hydrogen-bond donors (Lipinski definition) is 1. The van der Waals surface area contributed by atoms with E-state index < -0.39 is 46.9 Å². The molecule has 2 heterocycles. The highest BCUT2D eigenvalue weighted by Gasteiger charge is 2.36. The molecule has 2 aromatic rings. The number of rotatable bonds is 7. The van der Waals surface area contributed by atoms with Crippen LogP contribution in [0.5, 0.6) is 0 Å². The predicted molar refractivity (Wildman–Crippen MR) is 117 cm³/mol. The number of anilines is 1. The van der Waals surface area contributed by atoms with Gasteiger partial charge in [-0.05, 0) is 30.3 Å². The monoisotopic (exact) mass is 487 g/mol. The van der Waals surface area contributed by atoms with Crippen molar-refractivity contribution in [2.75, 3.05) is 44.8 Å². The molecule has 2 aliphatic heterocycles. The number of imide groups is 1. The number of fused-ring (bicyclic) bond motifs is 1. The van der Waals surface area contributed by atoms with E-state index in [4.69, 9.17) is 9.47 Å². The molecule has 2 aliphatic rings. The van der Waals surface area contributed by atoms with Crippen LogP contribution in [-0.4, -0.2) is 80.8 Å². The summed E-state index contributed by atoms with van der Waals surface area (Å²) in [7, 11) is -3.75. The van der Waals surface area contributed by atoms with Crippen molar-refractivity contribution in [2.45, 2.75) is 4.90 Å². The second-order valence-corrected chi connectivity index (χ2v) is 9.43. The topological polar surface area (TPSA) is 139 Å². The van der Waals surface area contributed by atoms with Gasteiger partial charge in [0.1, 0.15) is 6.54 Å². The number of esters is 1. The lowest BCUT2D eigenvalue weighted by atomic mass is 10.1. The second kappa shape index (κ2) is 9.71. The maximum absolute atomic E-state index is 12.8. The summed E-state index contributed by atoms with van der Waals surface area (Å²) in [5.74, 6) is -2.87. The average molecular weight is 487 g/mol. The average Bonchev–Trinajstić information content (AvgIpc) is 3.08. The third-order valence-electron chi connectivity index (χ3n) is 5.26. The Morgan fingerprint density at radius 1 is 0.971 bits per heavy atom. The first-order valence-corrected chi connectivity index (χ1v) is 11.8. The van der Waals surface area contributed by atoms with Crippen molar-refractivity contribution < 1.29 is 37.1 Å². The minimum Gasteiger partial charge on any atom is -0.454 e. The fourth-order valence-corrected chi connectivity index (χ4v) is 5.03. The van der Waals surface area contributed by atoms with Crippen molar-refractivity contribution in [2.24, 2.45) is 0 Å². The van der Waals surface area contributed by atoms with Gasteiger partial charge in [-0.1, -0.05) is 18.2 Å². The fourth-order valence-electron chi connectivity index (χ4n) is 3.57. The number of sulfonamides is 1. The summed E-state index contributed by atoms with van der Waals surface area (Å²) in [5.41, 5.74) is 0.602. The van der Waals surface area contributed by atoms with Crippen LogP contribution in [-0.2, 0) is 29.1 Å². The van der Waals surface area contributed by atoms with Crippen LogP contribution in [0.1, 0.15) is 20.7 Å². The van der Waals surface area contributed by atoms with Crippen LogP contribution in [0.15, 0.2) is 53.4 Å². The molecule has 0 spiro atoms. The van der Waals surface area contributed by atoms with E-state index >= 15 is 0 Å². The molecule has 2 aromatic carbocycles. The standard InChI is InChI=1S/C22H21N3O8S/c26-19(14-33-20(27)13-25-21(28)17-6-1-2-7-18(17)22(25)29)23-15-4-3-5-16(12-15)34(30,31)24-8-10-32-11-9-24/h1-7,12H,8-11,13-14H2,(H,23,26). The summed E-state index contributed by atoms with van der Waals surface area (Å²) in [6, 6.07) is 11.9. The Kier molecular flexibility index (Phi) is 6.72. The Morgan fingerprint density at radius 2 is 1.62 bits per heavy atom. The van der Waals surface area contributed by atoms with Crippen LogP contribution in [0.25, 0.3) is 0 Å². The van der Waals surface area contributed by atoms with E-state index in [1.165, 1.54) is 40.7 Å². The van der Waals surface area contributed by atoms with Gasteiger partial charge in [-0.3, -0.25) is 24.1 Å². The molecule has 11 nitrogen and oxygen atoms in total. The molecule has 178 valence electrons. The van der Waals surface area contributed by atoms with E-state index in [1.54, 1.807) is 12.1 Å². The highest BCUT2D eigenvalue weighted by atomic mass is 32.2. The number of nitrogens with one attached hydrogen (secondary N) is 1. The third-order valence-corrected chi connectivity index (χ3v) is 7.15. The van der Waals surface area contributed by atoms with Gasteiger partial charge in [-0.25, -0.2) is 8.42 Å². The molecule has 0 aromatic heterocycles. The molecule has 0 bridgehead atoms. The van der Waals surface area contributed by atoms with Gasteiger partial charge in [-0.15, -0.1) is 0 Å². The zero-order chi connectivity index (χ0) is 24.3. The maximum atomic E-state index is 12.8. The normalized spacial score (nSPS) is 16.3. The number of hydrogen-bond acceptors (Lipinski definition) is 8. The Bertz CT molecular complexity index is 1220. The number of amides is 3. The molecule has 1 fully saturated rings. The van der Waals surface area contributed by atoms with Gasteiger partial charge in [0.05, 0.1) is 29.2 Å². The molecule has 3 amide bonds. The van der Waals surface area contributed by atoms with Crippen LogP contribution in [0.2, 0.25) is 0 Å². The van der Waals surface area contributed by atoms with Crippen molar-refractivity contribution in [3.05, 3.63) is 59.7 Å². The van der Waals surface area contributed by atoms with E-state index in [-0.39, 0.29) is 34.8 Å². The summed E-state index contributed by atoms with van der Waals surface area (Å²) >= 11 is 0. The maximum Gasteiger partial charge on any atom is 0.326 e. The number of morpholine rings is 1. The molecule has 0 aliphatic carbocycles. The van der Waals surface area contributed by atoms with Crippen molar-refractivity contribution in [1.82, 2.24) is 9.21 Å². The molecule has 12 heteroatoms. The minimum absolute atomic E-state index is 0.00909. The van der Waals surface area contributed by atoms with Crippen LogP contribution in [0, 0.1) is 0 Å². The first-order valence-electron chi connectivity index (χ1n) is 10.4. The van der Waals surface area contributed by atoms with Gasteiger partial charge in [0, 0.05) is 18.8 Å². The second-order valence-electron chi connectivity index (χ2n) is 7.50.